The highest BCUT2D eigenvalue weighted by Crippen LogP contribution is 2.38. The van der Waals surface area contributed by atoms with E-state index in [1.54, 1.807) is 0 Å². The lowest BCUT2D eigenvalue weighted by Gasteiger charge is -2.36. The minimum atomic E-state index is -4.42. The summed E-state index contributed by atoms with van der Waals surface area (Å²) in [7, 11) is 0. The first kappa shape index (κ1) is 17.5. The average molecular weight is 333 g/mol. The third-order valence-electron chi connectivity index (χ3n) is 3.09. The molecule has 0 aromatic heterocycles. The molecule has 0 amide bonds. The molecule has 1 saturated heterocycles. The first-order chi connectivity index (χ1) is 8.89. The van der Waals surface area contributed by atoms with Crippen molar-refractivity contribution < 1.29 is 17.6 Å². The molecular weight excluding hydrogens is 319 g/mol. The van der Waals surface area contributed by atoms with Crippen LogP contribution in [0.1, 0.15) is 11.6 Å². The zero-order valence-electron chi connectivity index (χ0n) is 10.4. The Morgan fingerprint density at radius 2 is 1.80 bits per heavy atom. The lowest BCUT2D eigenvalue weighted by atomic mass is 10.0. The molecule has 1 atom stereocenters. The molecule has 114 valence electrons. The molecule has 2 nitrogen and oxygen atoms in total. The molecule has 1 aromatic rings. The Labute approximate surface area is 125 Å². The van der Waals surface area contributed by atoms with Crippen molar-refractivity contribution in [2.24, 2.45) is 0 Å². The Balaban J connectivity index is 0.00000200. The van der Waals surface area contributed by atoms with Gasteiger partial charge in [-0.3, -0.25) is 4.90 Å². The quantitative estimate of drug-likeness (QED) is 0.835. The van der Waals surface area contributed by atoms with Gasteiger partial charge in [0.15, 0.2) is 0 Å². The predicted octanol–water partition coefficient (Wildman–Crippen LogP) is 3.41. The molecule has 0 unspecified atom stereocenters. The number of hydrogen-bond donors (Lipinski definition) is 1. The Morgan fingerprint density at radius 1 is 1.20 bits per heavy atom. The zero-order chi connectivity index (χ0) is 14.0. The van der Waals surface area contributed by atoms with E-state index in [1.807, 2.05) is 0 Å². The van der Waals surface area contributed by atoms with Crippen LogP contribution in [0.25, 0.3) is 0 Å². The number of hydrogen-bond acceptors (Lipinski definition) is 2. The number of nitrogens with zero attached hydrogens (tertiary/aromatic N) is 1. The van der Waals surface area contributed by atoms with Gasteiger partial charge in [-0.15, -0.1) is 12.4 Å². The lowest BCUT2D eigenvalue weighted by Crippen LogP contribution is -2.49. The first-order valence-corrected chi connectivity index (χ1v) is 6.24. The zero-order valence-corrected chi connectivity index (χ0v) is 12.0. The third kappa shape index (κ3) is 3.97. The highest BCUT2D eigenvalue weighted by molar-refractivity contribution is 6.30. The fourth-order valence-corrected chi connectivity index (χ4v) is 2.42. The van der Waals surface area contributed by atoms with Gasteiger partial charge in [-0.1, -0.05) is 17.7 Å². The molecule has 1 heterocycles. The fourth-order valence-electron chi connectivity index (χ4n) is 2.23. The predicted molar refractivity (Wildman–Crippen MR) is 71.9 cm³/mol. The Morgan fingerprint density at radius 3 is 2.30 bits per heavy atom. The Hall–Kier alpha value is -0.560. The summed E-state index contributed by atoms with van der Waals surface area (Å²) in [6.07, 6.45) is -4.42. The minimum absolute atomic E-state index is 0. The number of rotatable bonds is 2. The van der Waals surface area contributed by atoms with Gasteiger partial charge in [0.05, 0.1) is 5.02 Å². The van der Waals surface area contributed by atoms with E-state index >= 15 is 0 Å². The van der Waals surface area contributed by atoms with E-state index in [1.165, 1.54) is 4.90 Å². The largest absolute Gasteiger partial charge is 0.408 e. The number of alkyl halides is 3. The molecule has 8 heteroatoms. The van der Waals surface area contributed by atoms with Gasteiger partial charge in [0.1, 0.15) is 11.9 Å². The minimum Gasteiger partial charge on any atom is -0.314 e. The van der Waals surface area contributed by atoms with Gasteiger partial charge in [0.25, 0.3) is 0 Å². The second kappa shape index (κ2) is 6.93. The number of benzene rings is 1. The molecule has 0 aliphatic carbocycles. The van der Waals surface area contributed by atoms with E-state index in [9.17, 15) is 17.6 Å². The van der Waals surface area contributed by atoms with E-state index in [0.717, 1.165) is 18.2 Å². The number of piperazine rings is 1. The van der Waals surface area contributed by atoms with Crippen LogP contribution < -0.4 is 5.32 Å². The van der Waals surface area contributed by atoms with E-state index in [2.05, 4.69) is 5.32 Å². The van der Waals surface area contributed by atoms with Crippen LogP contribution in [-0.2, 0) is 0 Å². The molecule has 1 N–H and O–H groups in total. The van der Waals surface area contributed by atoms with Crippen molar-refractivity contribution in [1.82, 2.24) is 10.2 Å². The van der Waals surface area contributed by atoms with Crippen LogP contribution >= 0.6 is 24.0 Å². The molecule has 1 aliphatic heterocycles. The summed E-state index contributed by atoms with van der Waals surface area (Å²) < 4.78 is 52.7. The maximum atomic E-state index is 13.2. The van der Waals surface area contributed by atoms with E-state index < -0.39 is 18.0 Å². The summed E-state index contributed by atoms with van der Waals surface area (Å²) in [5, 5.41) is 2.71. The van der Waals surface area contributed by atoms with Crippen molar-refractivity contribution in [2.75, 3.05) is 26.2 Å². The summed E-state index contributed by atoms with van der Waals surface area (Å²) in [6.45, 7) is 1.58. The highest BCUT2D eigenvalue weighted by atomic mass is 35.5. The molecule has 1 aromatic carbocycles. The van der Waals surface area contributed by atoms with Crippen molar-refractivity contribution in [3.05, 3.63) is 34.6 Å². The van der Waals surface area contributed by atoms with Gasteiger partial charge >= 0.3 is 6.18 Å². The molecule has 1 aliphatic rings. The Kier molecular flexibility index (Phi) is 6.06. The standard InChI is InChI=1S/C12H13ClF4N2.ClH/c13-9-7-8(1-2-10(9)14)11(12(15,16)17)19-5-3-18-4-6-19;/h1-2,7,11,18H,3-6H2;1H/t11-;/m1./s1. The van der Waals surface area contributed by atoms with E-state index in [0.29, 0.717) is 26.2 Å². The van der Waals surface area contributed by atoms with E-state index in [4.69, 9.17) is 11.6 Å². The normalized spacial score (nSPS) is 18.4. The molecule has 2 rings (SSSR count). The van der Waals surface area contributed by atoms with Gasteiger partial charge in [-0.25, -0.2) is 4.39 Å². The van der Waals surface area contributed by atoms with Crippen LogP contribution in [-0.4, -0.2) is 37.3 Å². The maximum Gasteiger partial charge on any atom is 0.408 e. The summed E-state index contributed by atoms with van der Waals surface area (Å²) in [4.78, 5) is 1.33. The van der Waals surface area contributed by atoms with Crippen LogP contribution in [0.2, 0.25) is 5.02 Å². The van der Waals surface area contributed by atoms with Gasteiger partial charge in [0, 0.05) is 26.2 Å². The average Bonchev–Trinajstić information content (AvgIpc) is 2.34. The SMILES string of the molecule is Cl.Fc1ccc([C@@H](N2CCNCC2)C(F)(F)F)cc1Cl. The van der Waals surface area contributed by atoms with Crippen molar-refractivity contribution in [3.63, 3.8) is 0 Å². The summed E-state index contributed by atoms with van der Waals surface area (Å²) in [5.41, 5.74) is -0.0270. The summed E-state index contributed by atoms with van der Waals surface area (Å²) in [5.74, 6) is -0.716. The van der Waals surface area contributed by atoms with Gasteiger partial charge in [-0.2, -0.15) is 13.2 Å². The first-order valence-electron chi connectivity index (χ1n) is 5.86. The van der Waals surface area contributed by atoms with Crippen molar-refractivity contribution >= 4 is 24.0 Å². The third-order valence-corrected chi connectivity index (χ3v) is 3.38. The molecule has 0 radical (unpaired) electrons. The molecule has 0 bridgehead atoms. The molecular formula is C12H14Cl2F4N2. The summed E-state index contributed by atoms with van der Waals surface area (Å²) in [6, 6.07) is 1.42. The number of halogens is 6. The fraction of sp³-hybridized carbons (Fsp3) is 0.500. The van der Waals surface area contributed by atoms with E-state index in [-0.39, 0.29) is 23.0 Å². The van der Waals surface area contributed by atoms with Crippen LogP contribution in [0.3, 0.4) is 0 Å². The Bertz CT molecular complexity index is 448. The molecule has 0 saturated carbocycles. The van der Waals surface area contributed by atoms with Crippen molar-refractivity contribution in [2.45, 2.75) is 12.2 Å². The smallest absolute Gasteiger partial charge is 0.314 e. The summed E-state index contributed by atoms with van der Waals surface area (Å²) >= 11 is 5.57. The second-order valence-corrected chi connectivity index (χ2v) is 4.81. The molecule has 20 heavy (non-hydrogen) atoms. The van der Waals surface area contributed by atoms with Crippen LogP contribution in [0.15, 0.2) is 18.2 Å². The van der Waals surface area contributed by atoms with Crippen molar-refractivity contribution in [3.8, 4) is 0 Å². The lowest BCUT2D eigenvalue weighted by molar-refractivity contribution is -0.187. The maximum absolute atomic E-state index is 13.2. The molecule has 1 fully saturated rings. The molecule has 0 spiro atoms. The topological polar surface area (TPSA) is 15.3 Å². The highest BCUT2D eigenvalue weighted by Gasteiger charge is 2.45. The van der Waals surface area contributed by atoms with Gasteiger partial charge in [-0.05, 0) is 17.7 Å². The van der Waals surface area contributed by atoms with Crippen molar-refractivity contribution in [1.29, 1.82) is 0 Å². The monoisotopic (exact) mass is 332 g/mol. The second-order valence-electron chi connectivity index (χ2n) is 4.40. The van der Waals surface area contributed by atoms with Gasteiger partial charge < -0.3 is 5.32 Å². The van der Waals surface area contributed by atoms with Crippen LogP contribution in [0.5, 0.6) is 0 Å². The van der Waals surface area contributed by atoms with Crippen LogP contribution in [0.4, 0.5) is 17.6 Å². The van der Waals surface area contributed by atoms with Gasteiger partial charge in [0.2, 0.25) is 0 Å². The number of nitrogens with one attached hydrogen (secondary N) is 1. The van der Waals surface area contributed by atoms with Crippen LogP contribution in [0, 0.1) is 5.82 Å².